The second-order valence-corrected chi connectivity index (χ2v) is 7.66. The fourth-order valence-corrected chi connectivity index (χ4v) is 4.74. The number of fused-ring (bicyclic) bond motifs is 1. The van der Waals surface area contributed by atoms with Crippen molar-refractivity contribution in [1.29, 1.82) is 0 Å². The maximum Gasteiger partial charge on any atom is 0.324 e. The quantitative estimate of drug-likeness (QED) is 0.722. The van der Waals surface area contributed by atoms with E-state index in [1.54, 1.807) is 0 Å². The summed E-state index contributed by atoms with van der Waals surface area (Å²) < 4.78 is 27.3. The van der Waals surface area contributed by atoms with E-state index >= 15 is 0 Å². The molecule has 1 aliphatic heterocycles. The predicted molar refractivity (Wildman–Crippen MR) is 76.4 cm³/mol. The number of benzene rings is 1. The second kappa shape index (κ2) is 4.52. The Morgan fingerprint density at radius 3 is 2.62 bits per heavy atom. The highest BCUT2D eigenvalue weighted by atomic mass is 79.9. The van der Waals surface area contributed by atoms with E-state index in [2.05, 4.69) is 26.0 Å². The number of hydrogen-bond acceptors (Lipinski definition) is 4. The van der Waals surface area contributed by atoms with E-state index in [1.807, 2.05) is 0 Å². The van der Waals surface area contributed by atoms with Crippen molar-refractivity contribution in [1.82, 2.24) is 4.72 Å². The predicted octanol–water partition coefficient (Wildman–Crippen LogP) is 0.839. The van der Waals surface area contributed by atoms with Gasteiger partial charge >= 0.3 is 5.97 Å². The second-order valence-electron chi connectivity index (χ2n) is 5.16. The van der Waals surface area contributed by atoms with Gasteiger partial charge in [0.2, 0.25) is 15.9 Å². The Hall–Kier alpha value is -1.45. The fourth-order valence-electron chi connectivity index (χ4n) is 2.23. The lowest BCUT2D eigenvalue weighted by Crippen LogP contribution is -2.43. The Kier molecular flexibility index (Phi) is 3.12. The number of anilines is 1. The molecular formula is C12H11BrN2O5S. The minimum absolute atomic E-state index is 0.0646. The van der Waals surface area contributed by atoms with Crippen LogP contribution in [0.4, 0.5) is 5.69 Å². The van der Waals surface area contributed by atoms with E-state index in [0.29, 0.717) is 11.3 Å². The molecule has 1 aromatic carbocycles. The van der Waals surface area contributed by atoms with Crippen LogP contribution in [-0.4, -0.2) is 30.9 Å². The molecule has 1 saturated carbocycles. The topological polar surface area (TPSA) is 113 Å². The van der Waals surface area contributed by atoms with Gasteiger partial charge in [0.1, 0.15) is 5.54 Å². The zero-order valence-electron chi connectivity index (χ0n) is 10.6. The van der Waals surface area contributed by atoms with Crippen molar-refractivity contribution in [2.75, 3.05) is 5.32 Å². The molecule has 3 rings (SSSR count). The molecule has 112 valence electrons. The molecule has 0 bridgehead atoms. The molecule has 0 saturated heterocycles. The fraction of sp³-hybridized carbons (Fsp3) is 0.333. The number of sulfonamides is 1. The van der Waals surface area contributed by atoms with Crippen molar-refractivity contribution >= 4 is 43.5 Å². The van der Waals surface area contributed by atoms with Gasteiger partial charge in [0, 0.05) is 10.2 Å². The summed E-state index contributed by atoms with van der Waals surface area (Å²) in [5.74, 6) is -1.39. The number of halogens is 1. The van der Waals surface area contributed by atoms with Crippen LogP contribution in [0.3, 0.4) is 0 Å². The van der Waals surface area contributed by atoms with Gasteiger partial charge in [-0.25, -0.2) is 8.42 Å². The molecule has 0 spiro atoms. The van der Waals surface area contributed by atoms with Gasteiger partial charge in [-0.15, -0.1) is 0 Å². The summed E-state index contributed by atoms with van der Waals surface area (Å²) in [4.78, 5) is 22.4. The van der Waals surface area contributed by atoms with Crippen LogP contribution in [-0.2, 0) is 26.0 Å². The highest BCUT2D eigenvalue weighted by molar-refractivity contribution is 9.10. The normalized spacial score (nSPS) is 19.0. The lowest BCUT2D eigenvalue weighted by Gasteiger charge is -2.14. The molecule has 7 nitrogen and oxygen atoms in total. The van der Waals surface area contributed by atoms with Crippen molar-refractivity contribution in [2.45, 2.75) is 29.7 Å². The van der Waals surface area contributed by atoms with E-state index < -0.39 is 21.5 Å². The van der Waals surface area contributed by atoms with E-state index in [1.165, 1.54) is 12.1 Å². The van der Waals surface area contributed by atoms with Gasteiger partial charge in [-0.2, -0.15) is 4.72 Å². The lowest BCUT2D eigenvalue weighted by molar-refractivity contribution is -0.140. The number of amides is 1. The van der Waals surface area contributed by atoms with Gasteiger partial charge in [0.05, 0.1) is 11.3 Å². The number of carbonyl (C=O) groups excluding carboxylic acids is 1. The van der Waals surface area contributed by atoms with Crippen molar-refractivity contribution in [2.24, 2.45) is 0 Å². The molecule has 21 heavy (non-hydrogen) atoms. The largest absolute Gasteiger partial charge is 0.480 e. The van der Waals surface area contributed by atoms with Gasteiger partial charge in [-0.3, -0.25) is 9.59 Å². The number of carbonyl (C=O) groups is 2. The number of carboxylic acids is 1. The summed E-state index contributed by atoms with van der Waals surface area (Å²) in [6.45, 7) is 0. The van der Waals surface area contributed by atoms with Gasteiger partial charge in [-0.1, -0.05) is 0 Å². The smallest absolute Gasteiger partial charge is 0.324 e. The zero-order chi connectivity index (χ0) is 15.4. The van der Waals surface area contributed by atoms with Crippen molar-refractivity contribution in [3.63, 3.8) is 0 Å². The summed E-state index contributed by atoms with van der Waals surface area (Å²) in [7, 11) is -3.99. The summed E-state index contributed by atoms with van der Waals surface area (Å²) >= 11 is 3.15. The molecular weight excluding hydrogens is 364 g/mol. The Morgan fingerprint density at radius 1 is 1.38 bits per heavy atom. The maximum atomic E-state index is 12.4. The first kappa shape index (κ1) is 14.5. The first-order valence-corrected chi connectivity index (χ1v) is 8.41. The van der Waals surface area contributed by atoms with Crippen LogP contribution in [0, 0.1) is 0 Å². The van der Waals surface area contributed by atoms with E-state index in [4.69, 9.17) is 5.11 Å². The molecule has 2 aliphatic rings. The Balaban J connectivity index is 1.99. The molecule has 0 unspecified atom stereocenters. The van der Waals surface area contributed by atoms with Crippen LogP contribution in [0.2, 0.25) is 0 Å². The number of hydrogen-bond donors (Lipinski definition) is 3. The van der Waals surface area contributed by atoms with Gasteiger partial charge in [-0.05, 0) is 46.5 Å². The zero-order valence-corrected chi connectivity index (χ0v) is 13.0. The monoisotopic (exact) mass is 374 g/mol. The van der Waals surface area contributed by atoms with E-state index in [0.717, 1.165) is 0 Å². The van der Waals surface area contributed by atoms with Crippen LogP contribution in [0.25, 0.3) is 0 Å². The molecule has 9 heteroatoms. The number of carboxylic acid groups (broad SMARTS) is 1. The van der Waals surface area contributed by atoms with Crippen LogP contribution >= 0.6 is 15.9 Å². The molecule has 0 radical (unpaired) electrons. The Morgan fingerprint density at radius 2 is 2.05 bits per heavy atom. The van der Waals surface area contributed by atoms with Crippen molar-refractivity contribution in [3.05, 3.63) is 22.2 Å². The third-order valence-corrected chi connectivity index (χ3v) is 6.06. The Bertz CT molecular complexity index is 770. The molecule has 1 aliphatic carbocycles. The summed E-state index contributed by atoms with van der Waals surface area (Å²) in [6.07, 6.45) is 0.642. The number of nitrogens with one attached hydrogen (secondary N) is 2. The molecule has 0 atom stereocenters. The average molecular weight is 375 g/mol. The van der Waals surface area contributed by atoms with Crippen LogP contribution in [0.1, 0.15) is 18.4 Å². The number of rotatable bonds is 4. The summed E-state index contributed by atoms with van der Waals surface area (Å²) in [5, 5.41) is 11.7. The lowest BCUT2D eigenvalue weighted by atomic mass is 10.2. The Labute approximate surface area is 128 Å². The van der Waals surface area contributed by atoms with Gasteiger partial charge in [0.25, 0.3) is 0 Å². The third-order valence-electron chi connectivity index (χ3n) is 3.56. The number of aliphatic carboxylic acids is 1. The summed E-state index contributed by atoms with van der Waals surface area (Å²) in [5.41, 5.74) is -0.264. The van der Waals surface area contributed by atoms with Crippen molar-refractivity contribution in [3.8, 4) is 0 Å². The van der Waals surface area contributed by atoms with Crippen molar-refractivity contribution < 1.29 is 23.1 Å². The minimum Gasteiger partial charge on any atom is -0.480 e. The first-order chi connectivity index (χ1) is 9.73. The molecule has 1 fully saturated rings. The highest BCUT2D eigenvalue weighted by Gasteiger charge is 2.53. The standard InChI is InChI=1S/C12H11BrN2O5S/c13-7-5-8-6(4-10(16)14-8)3-9(7)21(19,20)15-12(1-2-12)11(17)18/h3,5,15H,1-2,4H2,(H,14,16)(H,17,18). The molecule has 1 amide bonds. The highest BCUT2D eigenvalue weighted by Crippen LogP contribution is 2.39. The van der Waals surface area contributed by atoms with Gasteiger partial charge in [0.15, 0.2) is 0 Å². The average Bonchev–Trinajstić information content (AvgIpc) is 3.03. The van der Waals surface area contributed by atoms with Gasteiger partial charge < -0.3 is 10.4 Å². The molecule has 1 aromatic rings. The molecule has 0 aromatic heterocycles. The SMILES string of the molecule is O=C1Cc2cc(S(=O)(=O)NC3(C(=O)O)CC3)c(Br)cc2N1. The minimum atomic E-state index is -3.99. The van der Waals surface area contributed by atoms with E-state index in [-0.39, 0.29) is 34.5 Å². The van der Waals surface area contributed by atoms with Crippen LogP contribution in [0.5, 0.6) is 0 Å². The maximum absolute atomic E-state index is 12.4. The third kappa shape index (κ3) is 2.45. The first-order valence-electron chi connectivity index (χ1n) is 6.13. The summed E-state index contributed by atoms with van der Waals surface area (Å²) in [6, 6.07) is 2.90. The molecule has 1 heterocycles. The van der Waals surface area contributed by atoms with Crippen LogP contribution in [0.15, 0.2) is 21.5 Å². The molecule has 3 N–H and O–H groups in total. The van der Waals surface area contributed by atoms with E-state index in [9.17, 15) is 18.0 Å². The van der Waals surface area contributed by atoms with Crippen LogP contribution < -0.4 is 10.0 Å².